The molecule has 51 heavy (non-hydrogen) atoms. The second-order valence-corrected chi connectivity index (χ2v) is 15.7. The first kappa shape index (κ1) is 37.8. The summed E-state index contributed by atoms with van der Waals surface area (Å²) in [6, 6.07) is 11.3. The molecule has 4 heterocycles. The summed E-state index contributed by atoms with van der Waals surface area (Å²) in [6.45, 7) is 7.19. The number of likely N-dealkylation sites (N-methyl/N-ethyl adjacent to an activating group) is 1. The maximum absolute atomic E-state index is 14.2. The number of piperidine rings is 2. The van der Waals surface area contributed by atoms with Gasteiger partial charge in [-0.1, -0.05) is 41.4 Å². The zero-order chi connectivity index (χ0) is 36.2. The predicted molar refractivity (Wildman–Crippen MR) is 201 cm³/mol. The fourth-order valence-corrected chi connectivity index (χ4v) is 8.73. The van der Waals surface area contributed by atoms with Crippen molar-refractivity contribution in [3.05, 3.63) is 62.0 Å². The molecule has 4 aliphatic rings. The third kappa shape index (κ3) is 8.84. The summed E-state index contributed by atoms with van der Waals surface area (Å²) in [5.41, 5.74) is 2.73. The molecule has 2 unspecified atom stereocenters. The Morgan fingerprint density at radius 1 is 0.941 bits per heavy atom. The number of nitrogens with one attached hydrogen (secondary N) is 1. The van der Waals surface area contributed by atoms with Crippen LogP contribution in [0.5, 0.6) is 0 Å². The minimum Gasteiger partial charge on any atom is -0.465 e. The van der Waals surface area contributed by atoms with E-state index in [1.165, 1.54) is 0 Å². The zero-order valence-corrected chi connectivity index (χ0v) is 32.4. The quantitative estimate of drug-likeness (QED) is 0.263. The number of nitrogens with zero attached hydrogens (tertiary/aromatic N) is 5. The third-order valence-electron chi connectivity index (χ3n) is 10.9. The van der Waals surface area contributed by atoms with Crippen LogP contribution in [0, 0.1) is 5.92 Å². The molecule has 11 nitrogen and oxygen atoms in total. The highest BCUT2D eigenvalue weighted by molar-refractivity contribution is 9.10. The number of fused-ring (bicyclic) bond motifs is 1. The van der Waals surface area contributed by atoms with Crippen LogP contribution in [0.4, 0.5) is 10.5 Å². The first-order valence-corrected chi connectivity index (χ1v) is 19.5. The topological polar surface area (TPSA) is 106 Å². The number of hydrogen-bond acceptors (Lipinski definition) is 7. The second kappa shape index (κ2) is 16.8. The van der Waals surface area contributed by atoms with E-state index in [0.717, 1.165) is 42.7 Å². The number of amides is 4. The lowest BCUT2D eigenvalue weighted by molar-refractivity contribution is -0.152. The number of ether oxygens (including phenoxy) is 1. The molecule has 6 rings (SSSR count). The minimum absolute atomic E-state index is 0.0288. The normalized spacial score (nSPS) is 21.6. The molecule has 4 amide bonds. The lowest BCUT2D eigenvalue weighted by atomic mass is 9.91. The van der Waals surface area contributed by atoms with Crippen molar-refractivity contribution in [2.75, 3.05) is 64.8 Å². The molecule has 2 aromatic rings. The first-order chi connectivity index (χ1) is 24.5. The van der Waals surface area contributed by atoms with Crippen LogP contribution < -0.4 is 5.32 Å². The van der Waals surface area contributed by atoms with E-state index < -0.39 is 5.92 Å². The van der Waals surface area contributed by atoms with Crippen molar-refractivity contribution in [3.63, 3.8) is 0 Å². The van der Waals surface area contributed by atoms with Gasteiger partial charge in [0.2, 0.25) is 11.8 Å². The Labute approximate surface area is 318 Å². The van der Waals surface area contributed by atoms with Crippen LogP contribution in [-0.2, 0) is 32.1 Å². The predicted octanol–water partition coefficient (Wildman–Crippen LogP) is 5.51. The van der Waals surface area contributed by atoms with Gasteiger partial charge in [0.05, 0.1) is 27.0 Å². The summed E-state index contributed by atoms with van der Waals surface area (Å²) in [5.74, 6) is -0.878. The van der Waals surface area contributed by atoms with Crippen molar-refractivity contribution in [1.29, 1.82) is 0 Å². The van der Waals surface area contributed by atoms with Crippen molar-refractivity contribution >= 4 is 68.6 Å². The van der Waals surface area contributed by atoms with Gasteiger partial charge in [-0.3, -0.25) is 24.2 Å². The van der Waals surface area contributed by atoms with E-state index in [-0.39, 0.29) is 48.4 Å². The molecule has 3 saturated heterocycles. The molecule has 3 fully saturated rings. The molecule has 0 saturated carbocycles. The monoisotopic (exact) mass is 804 g/mol. The second-order valence-electron chi connectivity index (χ2n) is 14.1. The van der Waals surface area contributed by atoms with Crippen molar-refractivity contribution in [1.82, 2.24) is 24.5 Å². The molecule has 4 aliphatic heterocycles. The Kier molecular flexibility index (Phi) is 12.5. The Bertz CT molecular complexity index is 1590. The number of carbonyl (C=O) groups excluding carboxylic acids is 4. The van der Waals surface area contributed by atoms with E-state index in [9.17, 15) is 19.2 Å². The highest BCUT2D eigenvalue weighted by Crippen LogP contribution is 2.34. The average Bonchev–Trinajstić information content (AvgIpc) is 3.13. The van der Waals surface area contributed by atoms with Gasteiger partial charge in [0.25, 0.3) is 0 Å². The van der Waals surface area contributed by atoms with Gasteiger partial charge < -0.3 is 24.8 Å². The molecule has 0 radical (unpaired) electrons. The fraction of sp³-hybridized carbons (Fsp3) is 0.568. The van der Waals surface area contributed by atoms with E-state index in [1.807, 2.05) is 52.9 Å². The molecular formula is C37H47BrCl2N6O5. The molecule has 2 aromatic carbocycles. The summed E-state index contributed by atoms with van der Waals surface area (Å²) in [7, 11) is 1.96. The number of halogens is 3. The first-order valence-electron chi connectivity index (χ1n) is 18.0. The summed E-state index contributed by atoms with van der Waals surface area (Å²) < 4.78 is 5.92. The van der Waals surface area contributed by atoms with Gasteiger partial charge in [-0.15, -0.1) is 0 Å². The number of likely N-dealkylation sites (tertiary alicyclic amines) is 2. The average molecular weight is 807 g/mol. The summed E-state index contributed by atoms with van der Waals surface area (Å²) in [5, 5.41) is 3.91. The smallest absolute Gasteiger partial charge is 0.324 e. The summed E-state index contributed by atoms with van der Waals surface area (Å²) in [4.78, 5) is 63.7. The van der Waals surface area contributed by atoms with Gasteiger partial charge in [-0.05, 0) is 91.3 Å². The van der Waals surface area contributed by atoms with Crippen LogP contribution in [0.25, 0.3) is 0 Å². The van der Waals surface area contributed by atoms with E-state index in [1.54, 1.807) is 12.1 Å². The van der Waals surface area contributed by atoms with Crippen LogP contribution in [-0.4, -0.2) is 126 Å². The Hall–Kier alpha value is -2.90. The van der Waals surface area contributed by atoms with E-state index in [4.69, 9.17) is 27.9 Å². The number of para-hydroxylation sites is 1. The number of carbonyl (C=O) groups is 4. The van der Waals surface area contributed by atoms with Gasteiger partial charge in [-0.2, -0.15) is 0 Å². The maximum Gasteiger partial charge on any atom is 0.324 e. The largest absolute Gasteiger partial charge is 0.465 e. The molecule has 1 N–H and O–H groups in total. The van der Waals surface area contributed by atoms with Crippen LogP contribution in [0.15, 0.2) is 40.9 Å². The number of anilines is 1. The van der Waals surface area contributed by atoms with Gasteiger partial charge in [0.15, 0.2) is 0 Å². The minimum atomic E-state index is -0.582. The molecule has 0 bridgehead atoms. The highest BCUT2D eigenvalue weighted by Gasteiger charge is 2.38. The summed E-state index contributed by atoms with van der Waals surface area (Å²) >= 11 is 16.3. The van der Waals surface area contributed by atoms with E-state index in [2.05, 4.69) is 31.0 Å². The molecule has 0 aliphatic carbocycles. The zero-order valence-electron chi connectivity index (χ0n) is 29.3. The molecule has 276 valence electrons. The number of esters is 1. The molecule has 0 aromatic heterocycles. The molecule has 14 heteroatoms. The molecule has 0 spiro atoms. The summed E-state index contributed by atoms with van der Waals surface area (Å²) in [6.07, 6.45) is 3.35. The van der Waals surface area contributed by atoms with Gasteiger partial charge in [-0.25, -0.2) is 4.79 Å². The highest BCUT2D eigenvalue weighted by atomic mass is 79.9. The van der Waals surface area contributed by atoms with Gasteiger partial charge >= 0.3 is 12.0 Å². The number of piperazine rings is 1. The van der Waals surface area contributed by atoms with Crippen LogP contribution in [0.3, 0.4) is 0 Å². The van der Waals surface area contributed by atoms with Crippen molar-refractivity contribution in [3.8, 4) is 0 Å². The maximum atomic E-state index is 14.2. The molecular weight excluding hydrogens is 759 g/mol. The van der Waals surface area contributed by atoms with E-state index >= 15 is 0 Å². The van der Waals surface area contributed by atoms with E-state index in [0.29, 0.717) is 79.7 Å². The van der Waals surface area contributed by atoms with Gasteiger partial charge in [0, 0.05) is 76.5 Å². The van der Waals surface area contributed by atoms with Crippen molar-refractivity contribution < 1.29 is 23.9 Å². The van der Waals surface area contributed by atoms with Crippen LogP contribution in [0.1, 0.15) is 50.2 Å². The fourth-order valence-electron chi connectivity index (χ4n) is 7.97. The number of hydrogen-bond donors (Lipinski definition) is 1. The SMILES string of the molecule is CCOC(=O)C1CN(C2CCN(C(=O)C(CC(=O)N3CCC(N4Cc5ccccc5NC4=O)CC3)Cc3cc(Cl)c(Br)c(Cl)c3)CC2)CCN1C. The van der Waals surface area contributed by atoms with Crippen LogP contribution >= 0.6 is 39.1 Å². The molecule has 2 atom stereocenters. The van der Waals surface area contributed by atoms with Gasteiger partial charge in [0.1, 0.15) is 6.04 Å². The van der Waals surface area contributed by atoms with Crippen molar-refractivity contribution in [2.24, 2.45) is 5.92 Å². The number of urea groups is 1. The Morgan fingerprint density at radius 2 is 1.59 bits per heavy atom. The van der Waals surface area contributed by atoms with Crippen LogP contribution in [0.2, 0.25) is 10.0 Å². The number of benzene rings is 2. The lowest BCUT2D eigenvalue weighted by Gasteiger charge is -2.45. The Morgan fingerprint density at radius 3 is 2.27 bits per heavy atom. The Balaban J connectivity index is 1.08. The van der Waals surface area contributed by atoms with Crippen molar-refractivity contribution in [2.45, 2.75) is 70.1 Å². The lowest BCUT2D eigenvalue weighted by Crippen LogP contribution is -2.59. The standard InChI is InChI=1S/C37H47BrCl2N6O5/c1-3-51-36(49)32-23-45(17-16-42(32)2)27-8-14-44(15-9-27)35(48)26(18-24-19-29(39)34(38)30(40)20-24)21-33(47)43-12-10-28(11-13-43)46-22-25-6-4-5-7-31(25)41-37(46)50/h4-7,19-20,26-28,32H,3,8-18,21-23H2,1-2H3,(H,41,50). The number of rotatable bonds is 9. The third-order valence-corrected chi connectivity index (χ3v) is 12.9.